The summed E-state index contributed by atoms with van der Waals surface area (Å²) < 4.78 is 6.02. The molecule has 0 unspecified atom stereocenters. The fraction of sp³-hybridized carbons (Fsp3) is 0.667. The van der Waals surface area contributed by atoms with E-state index in [1.54, 1.807) is 0 Å². The summed E-state index contributed by atoms with van der Waals surface area (Å²) in [4.78, 5) is 19.3. The first kappa shape index (κ1) is 19.3. The minimum absolute atomic E-state index is 0.274. The van der Waals surface area contributed by atoms with Crippen molar-refractivity contribution in [3.8, 4) is 0 Å². The summed E-state index contributed by atoms with van der Waals surface area (Å²) in [5.41, 5.74) is 1.21. The molecule has 5 nitrogen and oxygen atoms in total. The van der Waals surface area contributed by atoms with Crippen molar-refractivity contribution in [1.29, 1.82) is 0 Å². The molecular weight excluding hydrogens is 326 g/mol. The van der Waals surface area contributed by atoms with Crippen molar-refractivity contribution in [2.24, 2.45) is 0 Å². The van der Waals surface area contributed by atoms with Crippen molar-refractivity contribution in [3.63, 3.8) is 0 Å². The van der Waals surface area contributed by atoms with Gasteiger partial charge in [-0.2, -0.15) is 0 Å². The molecule has 1 aromatic rings. The van der Waals surface area contributed by atoms with Crippen LogP contribution in [0.15, 0.2) is 30.3 Å². The second-order valence-corrected chi connectivity index (χ2v) is 7.81. The lowest BCUT2D eigenvalue weighted by atomic mass is 10.1. The molecule has 5 heteroatoms. The zero-order valence-corrected chi connectivity index (χ0v) is 16.3. The van der Waals surface area contributed by atoms with Gasteiger partial charge >= 0.3 is 0 Å². The maximum absolute atomic E-state index is 12.5. The van der Waals surface area contributed by atoms with Crippen LogP contribution in [-0.2, 0) is 16.1 Å². The van der Waals surface area contributed by atoms with E-state index in [9.17, 15) is 4.79 Å². The number of nitrogens with zero attached hydrogens (tertiary/aromatic N) is 3. The van der Waals surface area contributed by atoms with Crippen molar-refractivity contribution < 1.29 is 9.53 Å². The summed E-state index contributed by atoms with van der Waals surface area (Å²) >= 11 is 0. The van der Waals surface area contributed by atoms with Crippen molar-refractivity contribution in [1.82, 2.24) is 14.7 Å². The van der Waals surface area contributed by atoms with Crippen LogP contribution in [0.25, 0.3) is 0 Å². The van der Waals surface area contributed by atoms with E-state index in [0.29, 0.717) is 25.0 Å². The molecule has 0 aromatic heterocycles. The zero-order chi connectivity index (χ0) is 18.4. The highest BCUT2D eigenvalue weighted by Gasteiger charge is 2.26. The second-order valence-electron chi connectivity index (χ2n) is 7.81. The SMILES string of the molecule is CN1CC[C@@H](N(C)CCC(=O)N2CCC(OCc3ccccc3)CC2)C1. The molecule has 26 heavy (non-hydrogen) atoms. The molecular formula is C21H33N3O2. The van der Waals surface area contributed by atoms with Crippen LogP contribution in [0.1, 0.15) is 31.2 Å². The van der Waals surface area contributed by atoms with Gasteiger partial charge in [-0.15, -0.1) is 0 Å². The fourth-order valence-corrected chi connectivity index (χ4v) is 3.94. The van der Waals surface area contributed by atoms with Gasteiger partial charge in [0, 0.05) is 38.6 Å². The Bertz CT molecular complexity index is 558. The van der Waals surface area contributed by atoms with Crippen LogP contribution in [0.4, 0.5) is 0 Å². The molecule has 0 spiro atoms. The van der Waals surface area contributed by atoms with Crippen molar-refractivity contribution in [3.05, 3.63) is 35.9 Å². The monoisotopic (exact) mass is 359 g/mol. The van der Waals surface area contributed by atoms with Crippen LogP contribution in [0.5, 0.6) is 0 Å². The van der Waals surface area contributed by atoms with Crippen LogP contribution < -0.4 is 0 Å². The third-order valence-electron chi connectivity index (χ3n) is 5.79. The molecule has 1 aromatic carbocycles. The molecule has 144 valence electrons. The number of rotatable bonds is 7. The molecule has 0 saturated carbocycles. The van der Waals surface area contributed by atoms with E-state index in [2.05, 4.69) is 36.0 Å². The Morgan fingerprint density at radius 1 is 1.15 bits per heavy atom. The van der Waals surface area contributed by atoms with Gasteiger partial charge in [0.1, 0.15) is 0 Å². The Hall–Kier alpha value is -1.43. The number of benzene rings is 1. The molecule has 2 aliphatic rings. The van der Waals surface area contributed by atoms with Crippen LogP contribution in [0.3, 0.4) is 0 Å². The lowest BCUT2D eigenvalue weighted by Crippen LogP contribution is -2.42. The largest absolute Gasteiger partial charge is 0.373 e. The van der Waals surface area contributed by atoms with Gasteiger partial charge in [-0.25, -0.2) is 0 Å². The first-order chi connectivity index (χ1) is 12.6. The average Bonchev–Trinajstić information content (AvgIpc) is 3.12. The summed E-state index contributed by atoms with van der Waals surface area (Å²) in [6, 6.07) is 10.9. The number of carbonyl (C=O) groups excluding carboxylic acids is 1. The summed E-state index contributed by atoms with van der Waals surface area (Å²) in [6.45, 7) is 5.47. The third kappa shape index (κ3) is 5.53. The van der Waals surface area contributed by atoms with Gasteiger partial charge < -0.3 is 19.4 Å². The van der Waals surface area contributed by atoms with Crippen molar-refractivity contribution in [2.45, 2.75) is 44.4 Å². The topological polar surface area (TPSA) is 36.0 Å². The van der Waals surface area contributed by atoms with E-state index in [4.69, 9.17) is 4.74 Å². The molecule has 1 atom stereocenters. The summed E-state index contributed by atoms with van der Waals surface area (Å²) in [6.07, 6.45) is 4.01. The highest BCUT2D eigenvalue weighted by molar-refractivity contribution is 5.76. The first-order valence-corrected chi connectivity index (χ1v) is 9.94. The van der Waals surface area contributed by atoms with Gasteiger partial charge in [0.15, 0.2) is 0 Å². The van der Waals surface area contributed by atoms with Gasteiger partial charge in [0.2, 0.25) is 5.91 Å². The van der Waals surface area contributed by atoms with E-state index >= 15 is 0 Å². The predicted octanol–water partition coefficient (Wildman–Crippen LogP) is 2.22. The number of amides is 1. The van der Waals surface area contributed by atoms with Gasteiger partial charge in [-0.05, 0) is 45.5 Å². The number of likely N-dealkylation sites (tertiary alicyclic amines) is 2. The Labute approximate surface area is 157 Å². The molecule has 0 N–H and O–H groups in total. The molecule has 0 aliphatic carbocycles. The smallest absolute Gasteiger partial charge is 0.223 e. The quantitative estimate of drug-likeness (QED) is 0.748. The molecule has 3 rings (SSSR count). The number of hydrogen-bond donors (Lipinski definition) is 0. The number of hydrogen-bond acceptors (Lipinski definition) is 4. The Balaban J connectivity index is 1.33. The molecule has 2 aliphatic heterocycles. The van der Waals surface area contributed by atoms with Crippen LogP contribution in [0, 0.1) is 0 Å². The second kappa shape index (κ2) is 9.49. The van der Waals surface area contributed by atoms with Crippen molar-refractivity contribution >= 4 is 5.91 Å². The number of ether oxygens (including phenoxy) is 1. The third-order valence-corrected chi connectivity index (χ3v) is 5.79. The zero-order valence-electron chi connectivity index (χ0n) is 16.3. The maximum Gasteiger partial charge on any atom is 0.223 e. The molecule has 0 bridgehead atoms. The highest BCUT2D eigenvalue weighted by Crippen LogP contribution is 2.17. The minimum Gasteiger partial charge on any atom is -0.373 e. The maximum atomic E-state index is 12.5. The minimum atomic E-state index is 0.274. The van der Waals surface area contributed by atoms with Crippen LogP contribution in [-0.4, -0.2) is 79.6 Å². The van der Waals surface area contributed by atoms with Crippen LogP contribution >= 0.6 is 0 Å². The van der Waals surface area contributed by atoms with E-state index in [1.807, 2.05) is 23.1 Å². The average molecular weight is 360 g/mol. The van der Waals surface area contributed by atoms with E-state index < -0.39 is 0 Å². The molecule has 2 saturated heterocycles. The number of carbonyl (C=O) groups is 1. The van der Waals surface area contributed by atoms with Gasteiger partial charge in [-0.1, -0.05) is 30.3 Å². The number of piperidine rings is 1. The summed E-state index contributed by atoms with van der Waals surface area (Å²) in [5.74, 6) is 0.296. The van der Waals surface area contributed by atoms with E-state index in [-0.39, 0.29) is 6.10 Å². The summed E-state index contributed by atoms with van der Waals surface area (Å²) in [7, 11) is 4.32. The van der Waals surface area contributed by atoms with E-state index in [1.165, 1.54) is 18.5 Å². The Kier molecular flexibility index (Phi) is 7.06. The van der Waals surface area contributed by atoms with Crippen LogP contribution in [0.2, 0.25) is 0 Å². The predicted molar refractivity (Wildman–Crippen MR) is 104 cm³/mol. The van der Waals surface area contributed by atoms with Crippen molar-refractivity contribution in [2.75, 3.05) is 46.8 Å². The highest BCUT2D eigenvalue weighted by atomic mass is 16.5. The molecule has 2 heterocycles. The molecule has 1 amide bonds. The summed E-state index contributed by atoms with van der Waals surface area (Å²) in [5, 5.41) is 0. The lowest BCUT2D eigenvalue weighted by molar-refractivity contribution is -0.134. The lowest BCUT2D eigenvalue weighted by Gasteiger charge is -2.33. The van der Waals surface area contributed by atoms with Gasteiger partial charge in [0.25, 0.3) is 0 Å². The number of likely N-dealkylation sites (N-methyl/N-ethyl adjacent to an activating group) is 2. The molecule has 2 fully saturated rings. The Morgan fingerprint density at radius 3 is 2.54 bits per heavy atom. The fourth-order valence-electron chi connectivity index (χ4n) is 3.94. The normalized spacial score (nSPS) is 22.3. The van der Waals surface area contributed by atoms with Gasteiger partial charge in [0.05, 0.1) is 12.7 Å². The van der Waals surface area contributed by atoms with E-state index in [0.717, 1.165) is 39.0 Å². The molecule has 0 radical (unpaired) electrons. The first-order valence-electron chi connectivity index (χ1n) is 9.94. The standard InChI is InChI=1S/C21H33N3O2/c1-22-12-8-19(16-22)23(2)13-11-21(25)24-14-9-20(10-15-24)26-17-18-6-4-3-5-7-18/h3-7,19-20H,8-17H2,1-2H3/t19-/m1/s1. The Morgan fingerprint density at radius 2 is 1.88 bits per heavy atom. The van der Waals surface area contributed by atoms with Gasteiger partial charge in [-0.3, -0.25) is 4.79 Å².